The Balaban J connectivity index is 2.38. The second-order valence-electron chi connectivity index (χ2n) is 5.11. The Kier molecular flexibility index (Phi) is 3.93. The number of esters is 1. The van der Waals surface area contributed by atoms with E-state index < -0.39 is 16.8 Å². The van der Waals surface area contributed by atoms with Gasteiger partial charge in [-0.2, -0.15) is 0 Å². The maximum atomic E-state index is 12.1. The molecule has 112 valence electrons. The molecule has 7 heteroatoms. The number of nitro benzene ring substituents is 1. The second-order valence-corrected chi connectivity index (χ2v) is 5.11. The fraction of sp³-hybridized carbons (Fsp3) is 0.429. The lowest BCUT2D eigenvalue weighted by Gasteiger charge is -2.19. The number of carbonyl (C=O) groups is 2. The maximum absolute atomic E-state index is 12.1. The smallest absolute Gasteiger partial charge is 0.311 e. The Morgan fingerprint density at radius 3 is 2.62 bits per heavy atom. The van der Waals surface area contributed by atoms with Crippen LogP contribution >= 0.6 is 0 Å². The summed E-state index contributed by atoms with van der Waals surface area (Å²) in [5, 5.41) is 11.0. The number of amides is 1. The molecule has 1 amide bonds. The van der Waals surface area contributed by atoms with Crippen molar-refractivity contribution < 1.29 is 19.2 Å². The molecule has 0 radical (unpaired) electrons. The zero-order valence-corrected chi connectivity index (χ0v) is 12.1. The Morgan fingerprint density at radius 1 is 1.38 bits per heavy atom. The minimum absolute atomic E-state index is 0.0371. The number of aryl methyl sites for hydroxylation is 2. The highest BCUT2D eigenvalue weighted by Gasteiger charge is 2.37. The molecule has 1 aromatic rings. The summed E-state index contributed by atoms with van der Waals surface area (Å²) in [6.07, 6.45) is 0.0633. The van der Waals surface area contributed by atoms with E-state index in [0.29, 0.717) is 11.3 Å². The third-order valence-corrected chi connectivity index (χ3v) is 3.66. The summed E-state index contributed by atoms with van der Waals surface area (Å²) in [5.74, 6) is -1.20. The van der Waals surface area contributed by atoms with Crippen LogP contribution in [-0.2, 0) is 14.3 Å². The molecule has 0 spiro atoms. The predicted octanol–water partition coefficient (Wildman–Crippen LogP) is 1.74. The Bertz CT molecular complexity index is 626. The van der Waals surface area contributed by atoms with Gasteiger partial charge in [0.1, 0.15) is 0 Å². The third-order valence-electron chi connectivity index (χ3n) is 3.66. The summed E-state index contributed by atoms with van der Waals surface area (Å²) < 4.78 is 4.65. The van der Waals surface area contributed by atoms with Crippen LogP contribution in [0.4, 0.5) is 11.4 Å². The van der Waals surface area contributed by atoms with Crippen molar-refractivity contribution >= 4 is 23.3 Å². The standard InChI is InChI=1S/C14H16N2O5/c1-8-4-9(2)12(16(19)20)6-11(8)15-7-10(5-13(15)17)14(18)21-3/h4,6,10H,5,7H2,1-3H3. The molecule has 1 unspecified atom stereocenters. The average molecular weight is 292 g/mol. The number of benzene rings is 1. The zero-order valence-electron chi connectivity index (χ0n) is 12.1. The first-order chi connectivity index (χ1) is 9.85. The number of nitro groups is 1. The van der Waals surface area contributed by atoms with Gasteiger partial charge in [0.2, 0.25) is 5.91 Å². The van der Waals surface area contributed by atoms with E-state index in [1.54, 1.807) is 19.9 Å². The van der Waals surface area contributed by atoms with Crippen molar-refractivity contribution in [2.75, 3.05) is 18.6 Å². The lowest BCUT2D eigenvalue weighted by molar-refractivity contribution is -0.385. The number of carbonyl (C=O) groups excluding carboxylic acids is 2. The highest BCUT2D eigenvalue weighted by Crippen LogP contribution is 2.33. The molecule has 1 aliphatic heterocycles. The minimum Gasteiger partial charge on any atom is -0.469 e. The highest BCUT2D eigenvalue weighted by molar-refractivity contribution is 6.00. The number of hydrogen-bond acceptors (Lipinski definition) is 5. The van der Waals surface area contributed by atoms with Gasteiger partial charge < -0.3 is 9.64 Å². The summed E-state index contributed by atoms with van der Waals surface area (Å²) in [6, 6.07) is 3.06. The molecule has 21 heavy (non-hydrogen) atoms. The van der Waals surface area contributed by atoms with E-state index in [0.717, 1.165) is 5.56 Å². The Morgan fingerprint density at radius 2 is 2.05 bits per heavy atom. The molecule has 0 aromatic heterocycles. The van der Waals surface area contributed by atoms with Gasteiger partial charge in [0.15, 0.2) is 0 Å². The molecule has 0 saturated carbocycles. The summed E-state index contributed by atoms with van der Waals surface area (Å²) in [4.78, 5) is 35.6. The first kappa shape index (κ1) is 15.0. The van der Waals surface area contributed by atoms with E-state index in [9.17, 15) is 19.7 Å². The van der Waals surface area contributed by atoms with Gasteiger partial charge in [0, 0.05) is 24.6 Å². The highest BCUT2D eigenvalue weighted by atomic mass is 16.6. The van der Waals surface area contributed by atoms with E-state index in [4.69, 9.17) is 0 Å². The fourth-order valence-electron chi connectivity index (χ4n) is 2.58. The SMILES string of the molecule is COC(=O)C1CC(=O)N(c2cc([N+](=O)[O-])c(C)cc2C)C1. The van der Waals surface area contributed by atoms with Crippen LogP contribution in [0.5, 0.6) is 0 Å². The molecule has 7 nitrogen and oxygen atoms in total. The van der Waals surface area contributed by atoms with Crippen molar-refractivity contribution in [1.82, 2.24) is 0 Å². The molecule has 0 aliphatic carbocycles. The van der Waals surface area contributed by atoms with Crippen LogP contribution in [0.2, 0.25) is 0 Å². The summed E-state index contributed by atoms with van der Waals surface area (Å²) in [6.45, 7) is 3.62. The van der Waals surface area contributed by atoms with Gasteiger partial charge in [-0.05, 0) is 25.5 Å². The molecular formula is C14H16N2O5. The van der Waals surface area contributed by atoms with Crippen LogP contribution in [0, 0.1) is 29.9 Å². The molecule has 1 aromatic carbocycles. The van der Waals surface area contributed by atoms with Gasteiger partial charge in [-0.3, -0.25) is 19.7 Å². The van der Waals surface area contributed by atoms with Crippen molar-refractivity contribution in [3.05, 3.63) is 33.4 Å². The molecule has 1 fully saturated rings. The average Bonchev–Trinajstić information content (AvgIpc) is 2.79. The van der Waals surface area contributed by atoms with Crippen LogP contribution in [0.3, 0.4) is 0 Å². The number of hydrogen-bond donors (Lipinski definition) is 0. The lowest BCUT2D eigenvalue weighted by atomic mass is 10.1. The molecule has 2 rings (SSSR count). The van der Waals surface area contributed by atoms with Crippen LogP contribution in [0.25, 0.3) is 0 Å². The summed E-state index contributed by atoms with van der Waals surface area (Å²) in [7, 11) is 1.28. The monoisotopic (exact) mass is 292 g/mol. The van der Waals surface area contributed by atoms with E-state index >= 15 is 0 Å². The van der Waals surface area contributed by atoms with Crippen LogP contribution in [-0.4, -0.2) is 30.5 Å². The summed E-state index contributed by atoms with van der Waals surface area (Å²) in [5.41, 5.74) is 1.74. The fourth-order valence-corrected chi connectivity index (χ4v) is 2.58. The van der Waals surface area contributed by atoms with E-state index in [1.807, 2.05) is 0 Å². The van der Waals surface area contributed by atoms with Crippen molar-refractivity contribution in [3.63, 3.8) is 0 Å². The minimum atomic E-state index is -0.526. The van der Waals surface area contributed by atoms with E-state index in [1.165, 1.54) is 18.1 Å². The zero-order chi connectivity index (χ0) is 15.7. The second kappa shape index (κ2) is 5.51. The van der Waals surface area contributed by atoms with Crippen LogP contribution < -0.4 is 4.90 Å². The first-order valence-electron chi connectivity index (χ1n) is 6.49. The number of methoxy groups -OCH3 is 1. The van der Waals surface area contributed by atoms with E-state index in [2.05, 4.69) is 4.74 Å². The number of nitrogens with zero attached hydrogens (tertiary/aromatic N) is 2. The van der Waals surface area contributed by atoms with Crippen molar-refractivity contribution in [3.8, 4) is 0 Å². The van der Waals surface area contributed by atoms with Gasteiger partial charge in [-0.15, -0.1) is 0 Å². The topological polar surface area (TPSA) is 89.8 Å². The quantitative estimate of drug-likeness (QED) is 0.481. The Hall–Kier alpha value is -2.44. The molecule has 1 saturated heterocycles. The lowest BCUT2D eigenvalue weighted by Crippen LogP contribution is -2.27. The molecule has 1 aliphatic rings. The predicted molar refractivity (Wildman–Crippen MR) is 75.0 cm³/mol. The summed E-state index contributed by atoms with van der Waals surface area (Å²) >= 11 is 0. The van der Waals surface area contributed by atoms with Crippen LogP contribution in [0.15, 0.2) is 12.1 Å². The molecular weight excluding hydrogens is 276 g/mol. The molecule has 0 N–H and O–H groups in total. The van der Waals surface area contributed by atoms with Gasteiger partial charge in [-0.1, -0.05) is 0 Å². The Labute approximate surface area is 121 Å². The number of anilines is 1. The molecule has 0 bridgehead atoms. The first-order valence-corrected chi connectivity index (χ1v) is 6.49. The van der Waals surface area contributed by atoms with Crippen LogP contribution in [0.1, 0.15) is 17.5 Å². The maximum Gasteiger partial charge on any atom is 0.311 e. The van der Waals surface area contributed by atoms with Gasteiger partial charge >= 0.3 is 5.97 Å². The van der Waals surface area contributed by atoms with Crippen molar-refractivity contribution in [1.29, 1.82) is 0 Å². The van der Waals surface area contributed by atoms with Crippen molar-refractivity contribution in [2.24, 2.45) is 5.92 Å². The third kappa shape index (κ3) is 2.72. The number of rotatable bonds is 3. The van der Waals surface area contributed by atoms with Gasteiger partial charge in [0.05, 0.1) is 23.6 Å². The van der Waals surface area contributed by atoms with E-state index in [-0.39, 0.29) is 24.6 Å². The molecule has 1 heterocycles. The largest absolute Gasteiger partial charge is 0.469 e. The molecule has 1 atom stereocenters. The number of ether oxygens (including phenoxy) is 1. The van der Waals surface area contributed by atoms with Gasteiger partial charge in [0.25, 0.3) is 5.69 Å². The van der Waals surface area contributed by atoms with Gasteiger partial charge in [-0.25, -0.2) is 0 Å². The van der Waals surface area contributed by atoms with Crippen molar-refractivity contribution in [2.45, 2.75) is 20.3 Å². The normalized spacial score (nSPS) is 18.0.